The minimum Gasteiger partial charge on any atom is -0.345 e. The molecule has 3 aromatic rings. The lowest BCUT2D eigenvalue weighted by Crippen LogP contribution is -2.41. The lowest BCUT2D eigenvalue weighted by atomic mass is 10.1. The number of nitrogens with zero attached hydrogens (tertiary/aromatic N) is 5. The van der Waals surface area contributed by atoms with E-state index in [1.807, 2.05) is 13.0 Å². The predicted octanol–water partition coefficient (Wildman–Crippen LogP) is 2.73. The first-order valence-corrected chi connectivity index (χ1v) is 8.18. The van der Waals surface area contributed by atoms with Crippen LogP contribution in [0.2, 0.25) is 0 Å². The molecule has 1 aromatic carbocycles. The monoisotopic (exact) mass is 339 g/mol. The Balaban J connectivity index is 1.62. The van der Waals surface area contributed by atoms with Crippen molar-refractivity contribution in [2.24, 2.45) is 0 Å². The fraction of sp³-hybridized carbons (Fsp3) is 0.278. The zero-order valence-electron chi connectivity index (χ0n) is 14.1. The van der Waals surface area contributed by atoms with Gasteiger partial charge in [-0.1, -0.05) is 0 Å². The average Bonchev–Trinajstić information content (AvgIpc) is 3.25. The summed E-state index contributed by atoms with van der Waals surface area (Å²) in [5, 5.41) is 3.92. The Morgan fingerprint density at radius 3 is 2.80 bits per heavy atom. The molecule has 0 saturated heterocycles. The van der Waals surface area contributed by atoms with E-state index in [2.05, 4.69) is 27.6 Å². The van der Waals surface area contributed by atoms with E-state index >= 15 is 0 Å². The lowest BCUT2D eigenvalue weighted by molar-refractivity contribution is 0.0642. The number of fused-ring (bicyclic) bond motifs is 1. The molecular formula is C18H18FN5O. The molecule has 2 aromatic heterocycles. The normalized spacial score (nSPS) is 16.8. The maximum absolute atomic E-state index is 14.4. The van der Waals surface area contributed by atoms with Gasteiger partial charge >= 0.3 is 0 Å². The van der Waals surface area contributed by atoms with Crippen molar-refractivity contribution >= 4 is 5.91 Å². The van der Waals surface area contributed by atoms with Crippen molar-refractivity contribution in [2.45, 2.75) is 26.4 Å². The van der Waals surface area contributed by atoms with E-state index in [-0.39, 0.29) is 17.6 Å². The molecule has 3 heterocycles. The highest BCUT2D eigenvalue weighted by atomic mass is 19.1. The van der Waals surface area contributed by atoms with Crippen LogP contribution in [0, 0.1) is 12.7 Å². The zero-order valence-corrected chi connectivity index (χ0v) is 14.1. The first kappa shape index (κ1) is 15.6. The van der Waals surface area contributed by atoms with Crippen molar-refractivity contribution in [3.63, 3.8) is 0 Å². The number of amides is 1. The molecule has 0 unspecified atom stereocenters. The van der Waals surface area contributed by atoms with Crippen LogP contribution in [0.4, 0.5) is 4.39 Å². The molecule has 0 saturated carbocycles. The van der Waals surface area contributed by atoms with E-state index in [1.54, 1.807) is 17.0 Å². The molecule has 0 bridgehead atoms. The van der Waals surface area contributed by atoms with Crippen LogP contribution in [0.25, 0.3) is 5.69 Å². The summed E-state index contributed by atoms with van der Waals surface area (Å²) in [5.74, 6) is -0.665. The van der Waals surface area contributed by atoms with Gasteiger partial charge in [0.25, 0.3) is 5.91 Å². The Morgan fingerprint density at radius 2 is 2.08 bits per heavy atom. The van der Waals surface area contributed by atoms with Crippen molar-refractivity contribution in [1.82, 2.24) is 24.2 Å². The number of hydrogen-bond donors (Lipinski definition) is 0. The first-order valence-electron chi connectivity index (χ1n) is 8.18. The number of aryl methyl sites for hydroxylation is 1. The summed E-state index contributed by atoms with van der Waals surface area (Å²) in [6, 6.07) is 8.52. The van der Waals surface area contributed by atoms with E-state index < -0.39 is 5.82 Å². The first-order chi connectivity index (χ1) is 12.1. The van der Waals surface area contributed by atoms with Gasteiger partial charge in [-0.25, -0.2) is 14.1 Å². The smallest absolute Gasteiger partial charge is 0.254 e. The van der Waals surface area contributed by atoms with Crippen LogP contribution >= 0.6 is 0 Å². The van der Waals surface area contributed by atoms with Gasteiger partial charge in [0.2, 0.25) is 0 Å². The molecule has 0 N–H and O–H groups in total. The molecule has 0 radical (unpaired) electrons. The molecule has 25 heavy (non-hydrogen) atoms. The van der Waals surface area contributed by atoms with E-state index in [0.717, 1.165) is 12.2 Å². The predicted molar refractivity (Wildman–Crippen MR) is 89.9 cm³/mol. The Bertz CT molecular complexity index is 931. The summed E-state index contributed by atoms with van der Waals surface area (Å²) in [7, 11) is 0. The highest BCUT2D eigenvalue weighted by Gasteiger charge is 2.29. The van der Waals surface area contributed by atoms with Crippen molar-refractivity contribution < 1.29 is 9.18 Å². The molecule has 0 aliphatic carbocycles. The third-order valence-corrected chi connectivity index (χ3v) is 4.81. The SMILES string of the molecule is Cc1ccc2n1CCN(C(=O)c1ccc(-n3cncn3)c(F)c1)[C@H]2C. The maximum atomic E-state index is 14.4. The summed E-state index contributed by atoms with van der Waals surface area (Å²) in [6.45, 7) is 5.42. The van der Waals surface area contributed by atoms with Crippen LogP contribution < -0.4 is 0 Å². The third-order valence-electron chi connectivity index (χ3n) is 4.81. The summed E-state index contributed by atoms with van der Waals surface area (Å²) in [4.78, 5) is 18.5. The van der Waals surface area contributed by atoms with Gasteiger partial charge < -0.3 is 9.47 Å². The Labute approximate surface area is 144 Å². The number of carbonyl (C=O) groups is 1. The lowest BCUT2D eigenvalue weighted by Gasteiger charge is -2.35. The van der Waals surface area contributed by atoms with Gasteiger partial charge in [-0.2, -0.15) is 5.10 Å². The molecule has 4 rings (SSSR count). The Hall–Kier alpha value is -2.96. The van der Waals surface area contributed by atoms with E-state index in [1.165, 1.54) is 29.1 Å². The van der Waals surface area contributed by atoms with Crippen molar-refractivity contribution in [3.05, 3.63) is 65.8 Å². The fourth-order valence-corrected chi connectivity index (χ4v) is 3.42. The van der Waals surface area contributed by atoms with Crippen LogP contribution in [0.15, 0.2) is 43.0 Å². The molecule has 1 aliphatic heterocycles. The number of hydrogen-bond acceptors (Lipinski definition) is 3. The van der Waals surface area contributed by atoms with Crippen LogP contribution in [0.3, 0.4) is 0 Å². The van der Waals surface area contributed by atoms with Gasteiger partial charge in [-0.3, -0.25) is 4.79 Å². The van der Waals surface area contributed by atoms with Crippen molar-refractivity contribution in [2.75, 3.05) is 6.54 Å². The summed E-state index contributed by atoms with van der Waals surface area (Å²) < 4.78 is 18.0. The number of carbonyl (C=O) groups excluding carboxylic acids is 1. The van der Waals surface area contributed by atoms with Crippen molar-refractivity contribution in [3.8, 4) is 5.69 Å². The Kier molecular flexibility index (Phi) is 3.63. The molecule has 7 heteroatoms. The summed E-state index contributed by atoms with van der Waals surface area (Å²) in [6.07, 6.45) is 2.76. The van der Waals surface area contributed by atoms with Gasteiger partial charge in [0.15, 0.2) is 0 Å². The van der Waals surface area contributed by atoms with Gasteiger partial charge in [0, 0.05) is 30.0 Å². The zero-order chi connectivity index (χ0) is 17.6. The minimum atomic E-state index is -0.500. The second-order valence-corrected chi connectivity index (χ2v) is 6.23. The number of rotatable bonds is 2. The summed E-state index contributed by atoms with van der Waals surface area (Å²) in [5.41, 5.74) is 2.91. The second-order valence-electron chi connectivity index (χ2n) is 6.23. The minimum absolute atomic E-state index is 0.0481. The van der Waals surface area contributed by atoms with Gasteiger partial charge in [0.1, 0.15) is 24.2 Å². The van der Waals surface area contributed by atoms with Gasteiger partial charge in [-0.15, -0.1) is 0 Å². The number of benzene rings is 1. The maximum Gasteiger partial charge on any atom is 0.254 e. The molecule has 1 atom stereocenters. The van der Waals surface area contributed by atoms with Gasteiger partial charge in [-0.05, 0) is 44.2 Å². The molecule has 1 amide bonds. The third kappa shape index (κ3) is 2.52. The van der Waals surface area contributed by atoms with Crippen molar-refractivity contribution in [1.29, 1.82) is 0 Å². The molecule has 0 fully saturated rings. The molecule has 1 aliphatic rings. The van der Waals surface area contributed by atoms with E-state index in [4.69, 9.17) is 0 Å². The highest BCUT2D eigenvalue weighted by molar-refractivity contribution is 5.94. The topological polar surface area (TPSA) is 56.0 Å². The van der Waals surface area contributed by atoms with Crippen LogP contribution in [-0.4, -0.2) is 36.7 Å². The molecule has 0 spiro atoms. The average molecular weight is 339 g/mol. The summed E-state index contributed by atoms with van der Waals surface area (Å²) >= 11 is 0. The van der Waals surface area contributed by atoms with E-state index in [0.29, 0.717) is 12.1 Å². The van der Waals surface area contributed by atoms with Crippen LogP contribution in [0.1, 0.15) is 34.7 Å². The van der Waals surface area contributed by atoms with Crippen LogP contribution in [0.5, 0.6) is 0 Å². The standard InChI is InChI=1S/C18H18FN5O/c1-12-3-5-16-13(2)23(8-7-22(12)16)18(25)14-4-6-17(15(19)9-14)24-11-20-10-21-24/h3-6,9-11,13H,7-8H2,1-2H3/t13-/m0/s1. The Morgan fingerprint density at radius 1 is 1.24 bits per heavy atom. The second kappa shape index (κ2) is 5.84. The number of aromatic nitrogens is 4. The molecular weight excluding hydrogens is 321 g/mol. The van der Waals surface area contributed by atoms with Crippen LogP contribution in [-0.2, 0) is 6.54 Å². The number of halogens is 1. The largest absolute Gasteiger partial charge is 0.345 e. The molecule has 128 valence electrons. The van der Waals surface area contributed by atoms with Gasteiger partial charge in [0.05, 0.1) is 6.04 Å². The molecule has 6 nitrogen and oxygen atoms in total. The highest BCUT2D eigenvalue weighted by Crippen LogP contribution is 2.29. The van der Waals surface area contributed by atoms with E-state index in [9.17, 15) is 9.18 Å². The fourth-order valence-electron chi connectivity index (χ4n) is 3.42. The quantitative estimate of drug-likeness (QED) is 0.721.